The maximum atomic E-state index is 2.45. The Morgan fingerprint density at radius 1 is 1.00 bits per heavy atom. The van der Waals surface area contributed by atoms with E-state index >= 15 is 0 Å². The van der Waals surface area contributed by atoms with Gasteiger partial charge in [0.1, 0.15) is 0 Å². The molecule has 0 saturated carbocycles. The molecule has 1 atom stereocenters. The monoisotopic (exact) mass is 308 g/mol. The standard InChI is InChI=1S/C6H5.Au.H3P/c1-2-4-6-5-3-1;;/h1-5H;;1H3. The third kappa shape index (κ3) is 2.64. The van der Waals surface area contributed by atoms with Gasteiger partial charge in [-0.15, -0.1) is 0 Å². The molecule has 1 aromatic carbocycles. The van der Waals surface area contributed by atoms with E-state index in [0.717, 1.165) is 0 Å². The number of rotatable bonds is 0. The normalized spacial score (nSPS) is 7.75. The Morgan fingerprint density at radius 2 is 1.50 bits per heavy atom. The van der Waals surface area contributed by atoms with Crippen LogP contribution in [-0.2, 0) is 21.1 Å². The van der Waals surface area contributed by atoms with Gasteiger partial charge in [0.05, 0.1) is 0 Å². The molecule has 0 nitrogen and oxygen atoms in total. The Labute approximate surface area is 65.2 Å². The van der Waals surface area contributed by atoms with Gasteiger partial charge in [-0.3, -0.25) is 0 Å². The molecule has 1 rings (SSSR count). The van der Waals surface area contributed by atoms with Crippen LogP contribution in [0.25, 0.3) is 0 Å². The number of benzene rings is 1. The van der Waals surface area contributed by atoms with Crippen molar-refractivity contribution in [3.8, 4) is 0 Å². The maximum absolute atomic E-state index is 2.45. The molecule has 0 radical (unpaired) electrons. The number of hydrogen-bond acceptors (Lipinski definition) is 0. The Bertz CT molecular complexity index is 138. The Kier molecular flexibility index (Phi) is 4.50. The molecule has 0 aliphatic rings. The van der Waals surface area contributed by atoms with Crippen LogP contribution in [0.5, 0.6) is 0 Å². The Balaban J connectivity index is 0.000000490. The minimum atomic E-state index is 0. The van der Waals surface area contributed by atoms with E-state index in [9.17, 15) is 0 Å². The van der Waals surface area contributed by atoms with Gasteiger partial charge in [0.2, 0.25) is 0 Å². The zero-order valence-electron chi connectivity index (χ0n) is 4.40. The summed E-state index contributed by atoms with van der Waals surface area (Å²) in [5, 5.41) is 0. The van der Waals surface area contributed by atoms with Crippen LogP contribution in [0.15, 0.2) is 30.3 Å². The fourth-order valence-corrected chi connectivity index (χ4v) is 0.817. The average molecular weight is 308 g/mol. The quantitative estimate of drug-likeness (QED) is 0.494. The molecule has 0 fully saturated rings. The third-order valence-electron chi connectivity index (χ3n) is 0.708. The second kappa shape index (κ2) is 4.29. The predicted molar refractivity (Wildman–Crippen MR) is 37.2 cm³/mol. The van der Waals surface area contributed by atoms with E-state index in [1.54, 1.807) is 0 Å². The summed E-state index contributed by atoms with van der Waals surface area (Å²) in [5.41, 5.74) is 0. The molecule has 1 unspecified atom stereocenters. The summed E-state index contributed by atoms with van der Waals surface area (Å²) in [6.07, 6.45) is 0. The van der Waals surface area contributed by atoms with E-state index < -0.39 is 0 Å². The predicted octanol–water partition coefficient (Wildman–Crippen LogP) is 0.917. The molecule has 0 aliphatic carbocycles. The van der Waals surface area contributed by atoms with Crippen molar-refractivity contribution in [2.45, 2.75) is 0 Å². The van der Waals surface area contributed by atoms with Crippen LogP contribution in [0.2, 0.25) is 0 Å². The van der Waals surface area contributed by atoms with Crippen molar-refractivity contribution in [2.24, 2.45) is 0 Å². The Hall–Kier alpha value is 0.390. The molecule has 0 saturated heterocycles. The van der Waals surface area contributed by atoms with E-state index in [-0.39, 0.29) is 9.90 Å². The van der Waals surface area contributed by atoms with Crippen molar-refractivity contribution in [1.29, 1.82) is 0 Å². The molecule has 0 aromatic heterocycles. The van der Waals surface area contributed by atoms with Crippen LogP contribution in [0, 0.1) is 0 Å². The summed E-state index contributed by atoms with van der Waals surface area (Å²) >= 11 is 2.45. The average Bonchev–Trinajstić information content (AvgIpc) is 1.69. The first-order valence-electron chi connectivity index (χ1n) is 2.06. The van der Waals surface area contributed by atoms with Crippen LogP contribution in [0.1, 0.15) is 0 Å². The summed E-state index contributed by atoms with van der Waals surface area (Å²) in [4.78, 5) is 0. The molecule has 0 bridgehead atoms. The zero-order chi connectivity index (χ0) is 5.11. The third-order valence-corrected chi connectivity index (χ3v) is 1.43. The van der Waals surface area contributed by atoms with Gasteiger partial charge < -0.3 is 0 Å². The summed E-state index contributed by atoms with van der Waals surface area (Å²) < 4.78 is 1.27. The second-order valence-corrected chi connectivity index (χ2v) is 2.50. The molecule has 0 spiro atoms. The van der Waals surface area contributed by atoms with Gasteiger partial charge >= 0.3 is 55.2 Å². The molecule has 0 N–H and O–H groups in total. The summed E-state index contributed by atoms with van der Waals surface area (Å²) in [6.45, 7) is 0. The molecule has 0 amide bonds. The van der Waals surface area contributed by atoms with Crippen molar-refractivity contribution in [1.82, 2.24) is 0 Å². The fraction of sp³-hybridized carbons (Fsp3) is 0. The topological polar surface area (TPSA) is 0 Å². The van der Waals surface area contributed by atoms with E-state index in [1.807, 2.05) is 18.2 Å². The first-order chi connectivity index (χ1) is 3.39. The van der Waals surface area contributed by atoms with Gasteiger partial charge in [-0.25, -0.2) is 0 Å². The van der Waals surface area contributed by atoms with Crippen molar-refractivity contribution in [2.75, 3.05) is 0 Å². The van der Waals surface area contributed by atoms with Gasteiger partial charge in [0.15, 0.2) is 0 Å². The van der Waals surface area contributed by atoms with E-state index in [1.165, 1.54) is 3.78 Å². The summed E-state index contributed by atoms with van der Waals surface area (Å²) in [5.74, 6) is 0. The van der Waals surface area contributed by atoms with Gasteiger partial charge in [-0.2, -0.15) is 9.90 Å². The molecule has 8 heavy (non-hydrogen) atoms. The van der Waals surface area contributed by atoms with Crippen LogP contribution in [-0.4, -0.2) is 0 Å². The first-order valence-corrected chi connectivity index (χ1v) is 3.14. The van der Waals surface area contributed by atoms with Crippen LogP contribution in [0.3, 0.4) is 0 Å². The molecule has 0 aliphatic heterocycles. The first kappa shape index (κ1) is 8.39. The minimum absolute atomic E-state index is 0. The van der Waals surface area contributed by atoms with E-state index in [4.69, 9.17) is 0 Å². The van der Waals surface area contributed by atoms with E-state index in [0.29, 0.717) is 0 Å². The second-order valence-electron chi connectivity index (χ2n) is 1.25. The van der Waals surface area contributed by atoms with Crippen molar-refractivity contribution in [3.63, 3.8) is 0 Å². The van der Waals surface area contributed by atoms with Gasteiger partial charge in [0.25, 0.3) is 0 Å². The van der Waals surface area contributed by atoms with Gasteiger partial charge in [-0.05, 0) is 0 Å². The summed E-state index contributed by atoms with van der Waals surface area (Å²) in [7, 11) is 0. The van der Waals surface area contributed by atoms with Gasteiger partial charge in [-0.1, -0.05) is 0 Å². The molecular weight excluding hydrogens is 300 g/mol. The van der Waals surface area contributed by atoms with Crippen molar-refractivity contribution >= 4 is 13.7 Å². The van der Waals surface area contributed by atoms with Crippen molar-refractivity contribution in [3.05, 3.63) is 30.3 Å². The molecule has 2 heteroatoms. The Morgan fingerprint density at radius 3 is 1.75 bits per heavy atom. The SMILES string of the molecule is P.[Au][c]1ccccc1. The molecule has 1 aromatic rings. The van der Waals surface area contributed by atoms with E-state index in [2.05, 4.69) is 33.2 Å². The number of hydrogen-bond donors (Lipinski definition) is 0. The van der Waals surface area contributed by atoms with Crippen LogP contribution < -0.4 is 3.78 Å². The van der Waals surface area contributed by atoms with Gasteiger partial charge in [0, 0.05) is 0 Å². The van der Waals surface area contributed by atoms with Crippen LogP contribution in [0.4, 0.5) is 0 Å². The van der Waals surface area contributed by atoms with Crippen molar-refractivity contribution < 1.29 is 21.1 Å². The fourth-order valence-electron chi connectivity index (χ4n) is 0.400. The summed E-state index contributed by atoms with van der Waals surface area (Å²) in [6, 6.07) is 10.2. The molecule has 48 valence electrons. The molecule has 0 heterocycles. The zero-order valence-corrected chi connectivity index (χ0v) is 7.98. The molecular formula is C6H8AuP. The van der Waals surface area contributed by atoms with Crippen LogP contribution >= 0.6 is 9.90 Å².